The van der Waals surface area contributed by atoms with Crippen LogP contribution in [0.5, 0.6) is 0 Å². The Hall–Kier alpha value is -2.28. The van der Waals surface area contributed by atoms with Crippen LogP contribution in [0.1, 0.15) is 43.5 Å². The molecule has 7 heteroatoms. The van der Waals surface area contributed by atoms with Gasteiger partial charge in [0.25, 0.3) is 5.91 Å². The molecule has 0 aliphatic heterocycles. The Morgan fingerprint density at radius 1 is 1.21 bits per heavy atom. The van der Waals surface area contributed by atoms with Gasteiger partial charge in [-0.1, -0.05) is 38.5 Å². The van der Waals surface area contributed by atoms with Gasteiger partial charge in [-0.15, -0.1) is 0 Å². The van der Waals surface area contributed by atoms with Crippen molar-refractivity contribution < 1.29 is 9.59 Å². The van der Waals surface area contributed by atoms with Gasteiger partial charge in [-0.05, 0) is 42.5 Å². The third-order valence-corrected chi connectivity index (χ3v) is 6.62. The Morgan fingerprint density at radius 3 is 2.64 bits per heavy atom. The first-order chi connectivity index (χ1) is 13.4. The fourth-order valence-corrected chi connectivity index (χ4v) is 4.29. The Kier molecular flexibility index (Phi) is 6.78. The molecule has 0 spiro atoms. The third-order valence-electron chi connectivity index (χ3n) is 5.56. The minimum Gasteiger partial charge on any atom is -0.349 e. The van der Waals surface area contributed by atoms with E-state index < -0.39 is 0 Å². The summed E-state index contributed by atoms with van der Waals surface area (Å²) in [4.78, 5) is 28.9. The van der Waals surface area contributed by atoms with Gasteiger partial charge in [0.15, 0.2) is 5.16 Å². The maximum Gasteiger partial charge on any atom is 0.251 e. The molecule has 0 saturated heterocycles. The van der Waals surface area contributed by atoms with Gasteiger partial charge < -0.3 is 15.2 Å². The molecular weight excluding hydrogens is 372 g/mol. The highest BCUT2D eigenvalue weighted by Gasteiger charge is 2.28. The Balaban J connectivity index is 1.50. The summed E-state index contributed by atoms with van der Waals surface area (Å²) < 4.78 is 1.87. The van der Waals surface area contributed by atoms with Gasteiger partial charge in [0.2, 0.25) is 5.91 Å². The number of aryl methyl sites for hydroxylation is 1. The number of rotatable bonds is 6. The van der Waals surface area contributed by atoms with Gasteiger partial charge in [-0.3, -0.25) is 9.59 Å². The zero-order valence-corrected chi connectivity index (χ0v) is 17.5. The normalized spacial score (nSPS) is 21.9. The quantitative estimate of drug-likeness (QED) is 0.725. The van der Waals surface area contributed by atoms with Crippen LogP contribution in [-0.2, 0) is 11.8 Å². The molecule has 0 unspecified atom stereocenters. The largest absolute Gasteiger partial charge is 0.349 e. The van der Waals surface area contributed by atoms with Gasteiger partial charge >= 0.3 is 0 Å². The van der Waals surface area contributed by atoms with Gasteiger partial charge in [0.1, 0.15) is 0 Å². The SMILES string of the molecule is C[C@@H]1[C@H](C)CCC[C@H]1NC(=O)c1ccc(NC(=O)CSc2nccn2C)cc1. The van der Waals surface area contributed by atoms with Crippen LogP contribution < -0.4 is 10.6 Å². The Labute approximate surface area is 170 Å². The van der Waals surface area contributed by atoms with E-state index in [1.807, 2.05) is 17.8 Å². The second-order valence-corrected chi connectivity index (χ2v) is 8.52. The second kappa shape index (κ2) is 9.28. The molecule has 1 aliphatic carbocycles. The molecule has 3 rings (SSSR count). The highest BCUT2D eigenvalue weighted by atomic mass is 32.2. The van der Waals surface area contributed by atoms with Crippen molar-refractivity contribution in [1.29, 1.82) is 0 Å². The number of amides is 2. The third kappa shape index (κ3) is 5.16. The number of aromatic nitrogens is 2. The fourth-order valence-electron chi connectivity index (χ4n) is 3.56. The molecule has 0 radical (unpaired) electrons. The first kappa shape index (κ1) is 20.5. The van der Waals surface area contributed by atoms with Crippen LogP contribution in [0, 0.1) is 11.8 Å². The van der Waals surface area contributed by atoms with Gasteiger partial charge in [-0.25, -0.2) is 4.98 Å². The second-order valence-electron chi connectivity index (χ2n) is 7.58. The summed E-state index contributed by atoms with van der Waals surface area (Å²) in [6.45, 7) is 4.48. The topological polar surface area (TPSA) is 76.0 Å². The number of carbonyl (C=O) groups excluding carboxylic acids is 2. The number of carbonyl (C=O) groups is 2. The number of hydrogen-bond acceptors (Lipinski definition) is 4. The van der Waals surface area contributed by atoms with E-state index in [-0.39, 0.29) is 23.6 Å². The lowest BCUT2D eigenvalue weighted by atomic mass is 9.78. The van der Waals surface area contributed by atoms with E-state index in [4.69, 9.17) is 0 Å². The zero-order chi connectivity index (χ0) is 20.1. The van der Waals surface area contributed by atoms with Crippen molar-refractivity contribution in [3.05, 3.63) is 42.2 Å². The molecule has 28 heavy (non-hydrogen) atoms. The van der Waals surface area contributed by atoms with Crippen molar-refractivity contribution in [1.82, 2.24) is 14.9 Å². The maximum absolute atomic E-state index is 12.6. The average Bonchev–Trinajstić information content (AvgIpc) is 3.09. The number of anilines is 1. The van der Waals surface area contributed by atoms with Crippen LogP contribution in [-0.4, -0.2) is 33.2 Å². The number of imidazole rings is 1. The predicted molar refractivity (Wildman–Crippen MR) is 112 cm³/mol. The molecule has 1 saturated carbocycles. The van der Waals surface area contributed by atoms with Crippen LogP contribution in [0.3, 0.4) is 0 Å². The molecule has 1 aromatic heterocycles. The minimum absolute atomic E-state index is 0.0471. The molecule has 1 aliphatic rings. The number of thioether (sulfide) groups is 1. The van der Waals surface area contributed by atoms with E-state index in [1.165, 1.54) is 18.2 Å². The Bertz CT molecular complexity index is 818. The van der Waals surface area contributed by atoms with Crippen molar-refractivity contribution in [2.75, 3.05) is 11.1 Å². The lowest BCUT2D eigenvalue weighted by Gasteiger charge is -2.34. The van der Waals surface area contributed by atoms with E-state index in [0.717, 1.165) is 18.0 Å². The van der Waals surface area contributed by atoms with Crippen LogP contribution in [0.15, 0.2) is 41.8 Å². The summed E-state index contributed by atoms with van der Waals surface area (Å²) >= 11 is 1.38. The van der Waals surface area contributed by atoms with E-state index in [2.05, 4.69) is 29.5 Å². The molecule has 1 aromatic carbocycles. The molecule has 2 aromatic rings. The van der Waals surface area contributed by atoms with Gasteiger partial charge in [-0.2, -0.15) is 0 Å². The summed E-state index contributed by atoms with van der Waals surface area (Å²) in [5.41, 5.74) is 1.30. The summed E-state index contributed by atoms with van der Waals surface area (Å²) in [6, 6.07) is 7.29. The maximum atomic E-state index is 12.6. The molecule has 0 bridgehead atoms. The summed E-state index contributed by atoms with van der Waals surface area (Å²) in [5, 5.41) is 6.83. The highest BCUT2D eigenvalue weighted by molar-refractivity contribution is 7.99. The van der Waals surface area contributed by atoms with Crippen LogP contribution >= 0.6 is 11.8 Å². The lowest BCUT2D eigenvalue weighted by molar-refractivity contribution is -0.113. The van der Waals surface area contributed by atoms with Gasteiger partial charge in [0, 0.05) is 36.7 Å². The predicted octanol–water partition coefficient (Wildman–Crippen LogP) is 3.71. The summed E-state index contributed by atoms with van der Waals surface area (Å²) in [7, 11) is 1.89. The minimum atomic E-state index is -0.102. The summed E-state index contributed by atoms with van der Waals surface area (Å²) in [5.74, 6) is 1.27. The van der Waals surface area contributed by atoms with Crippen LogP contribution in [0.4, 0.5) is 5.69 Å². The number of nitrogens with one attached hydrogen (secondary N) is 2. The summed E-state index contributed by atoms with van der Waals surface area (Å²) in [6.07, 6.45) is 6.99. The van der Waals surface area contributed by atoms with Crippen molar-refractivity contribution in [2.45, 2.75) is 44.3 Å². The molecule has 2 amide bonds. The molecule has 3 atom stereocenters. The monoisotopic (exact) mass is 400 g/mol. The van der Waals surface area contributed by atoms with Crippen LogP contribution in [0.25, 0.3) is 0 Å². The molecule has 150 valence electrons. The first-order valence-corrected chi connectivity index (χ1v) is 10.7. The first-order valence-electron chi connectivity index (χ1n) is 9.75. The highest BCUT2D eigenvalue weighted by Crippen LogP contribution is 2.29. The van der Waals surface area contributed by atoms with E-state index in [0.29, 0.717) is 23.1 Å². The number of hydrogen-bond donors (Lipinski definition) is 2. The number of nitrogens with zero attached hydrogens (tertiary/aromatic N) is 2. The average molecular weight is 401 g/mol. The Morgan fingerprint density at radius 2 is 1.96 bits per heavy atom. The van der Waals surface area contributed by atoms with E-state index >= 15 is 0 Å². The molecule has 6 nitrogen and oxygen atoms in total. The molecule has 1 heterocycles. The van der Waals surface area contributed by atoms with Crippen molar-refractivity contribution in [3.8, 4) is 0 Å². The van der Waals surface area contributed by atoms with Gasteiger partial charge in [0.05, 0.1) is 5.75 Å². The molecule has 2 N–H and O–H groups in total. The molecule has 1 fully saturated rings. The van der Waals surface area contributed by atoms with E-state index in [1.54, 1.807) is 30.5 Å². The zero-order valence-electron chi connectivity index (χ0n) is 16.6. The van der Waals surface area contributed by atoms with E-state index in [9.17, 15) is 9.59 Å². The van der Waals surface area contributed by atoms with Crippen molar-refractivity contribution in [3.63, 3.8) is 0 Å². The fraction of sp³-hybridized carbons (Fsp3) is 0.476. The van der Waals surface area contributed by atoms with Crippen molar-refractivity contribution in [2.24, 2.45) is 18.9 Å². The molecular formula is C21H28N4O2S. The van der Waals surface area contributed by atoms with Crippen molar-refractivity contribution >= 4 is 29.3 Å². The standard InChI is InChI=1S/C21H28N4O2S/c1-14-5-4-6-18(15(14)2)24-20(27)16-7-9-17(10-8-16)23-19(26)13-28-21-22-11-12-25(21)3/h7-12,14-15,18H,4-6,13H2,1-3H3,(H,23,26)(H,24,27)/t14-,15-,18-/m1/s1. The van der Waals surface area contributed by atoms with Crippen LogP contribution in [0.2, 0.25) is 0 Å². The lowest BCUT2D eigenvalue weighted by Crippen LogP contribution is -2.43. The number of benzene rings is 1. The smallest absolute Gasteiger partial charge is 0.251 e.